The Balaban J connectivity index is 1.52. The van der Waals surface area contributed by atoms with Gasteiger partial charge in [0.25, 0.3) is 15.9 Å². The first-order valence-corrected chi connectivity index (χ1v) is 12.1. The Bertz CT molecular complexity index is 894. The number of amides is 1. The topological polar surface area (TPSA) is 84.0 Å². The number of hydrogen-bond donors (Lipinski definition) is 0. The molecule has 2 aromatic rings. The van der Waals surface area contributed by atoms with Crippen molar-refractivity contribution in [3.8, 4) is 0 Å². The highest BCUT2D eigenvalue weighted by atomic mass is 32.2. The van der Waals surface area contributed by atoms with E-state index in [1.165, 1.54) is 9.21 Å². The summed E-state index contributed by atoms with van der Waals surface area (Å²) in [4.78, 5) is 26.1. The lowest BCUT2D eigenvalue weighted by atomic mass is 10.00. The smallest absolute Gasteiger partial charge is 0.310 e. The molecule has 0 saturated carbocycles. The highest BCUT2D eigenvalue weighted by molar-refractivity contribution is 7.91. The summed E-state index contributed by atoms with van der Waals surface area (Å²) in [6.45, 7) is 0.577. The van der Waals surface area contributed by atoms with Crippen LogP contribution >= 0.6 is 22.7 Å². The molecule has 1 atom stereocenters. The number of likely N-dealkylation sites (N-methyl/N-ethyl adjacent to an activating group) is 1. The third-order valence-electron chi connectivity index (χ3n) is 4.57. The molecule has 1 saturated heterocycles. The molecule has 0 bridgehead atoms. The summed E-state index contributed by atoms with van der Waals surface area (Å²) in [6, 6.07) is 5.18. The third kappa shape index (κ3) is 4.99. The molecule has 1 aliphatic heterocycles. The van der Waals surface area contributed by atoms with Gasteiger partial charge in [0.15, 0.2) is 6.61 Å². The molecule has 0 aromatic carbocycles. The summed E-state index contributed by atoms with van der Waals surface area (Å²) in [6.07, 6.45) is 1.13. The average molecular weight is 443 g/mol. The van der Waals surface area contributed by atoms with Crippen molar-refractivity contribution in [2.75, 3.05) is 26.7 Å². The van der Waals surface area contributed by atoms with E-state index >= 15 is 0 Å². The van der Waals surface area contributed by atoms with E-state index < -0.39 is 21.9 Å². The van der Waals surface area contributed by atoms with Gasteiger partial charge in [-0.3, -0.25) is 9.59 Å². The maximum Gasteiger partial charge on any atom is 0.310 e. The number of hydrogen-bond acceptors (Lipinski definition) is 7. The number of carbonyl (C=O) groups excluding carboxylic acids is 2. The number of rotatable bonds is 7. The lowest BCUT2D eigenvalue weighted by molar-refractivity contribution is -0.156. The fraction of sp³-hybridized carbons (Fsp3) is 0.444. The molecule has 1 unspecified atom stereocenters. The van der Waals surface area contributed by atoms with Crippen LogP contribution in [0.3, 0.4) is 0 Å². The van der Waals surface area contributed by atoms with Crippen molar-refractivity contribution in [2.24, 2.45) is 5.92 Å². The summed E-state index contributed by atoms with van der Waals surface area (Å²) in [7, 11) is -1.93. The van der Waals surface area contributed by atoms with E-state index in [-0.39, 0.29) is 23.3 Å². The Morgan fingerprint density at radius 3 is 2.82 bits per heavy atom. The number of sulfonamides is 1. The molecule has 0 radical (unpaired) electrons. The van der Waals surface area contributed by atoms with E-state index in [1.807, 2.05) is 16.8 Å². The van der Waals surface area contributed by atoms with E-state index in [0.29, 0.717) is 25.9 Å². The average Bonchev–Trinajstić information content (AvgIpc) is 3.40. The van der Waals surface area contributed by atoms with Crippen LogP contribution in [0.15, 0.2) is 38.5 Å². The van der Waals surface area contributed by atoms with Gasteiger partial charge in [-0.1, -0.05) is 6.07 Å². The first-order valence-electron chi connectivity index (χ1n) is 8.83. The summed E-state index contributed by atoms with van der Waals surface area (Å²) in [5.41, 5.74) is 1.02. The van der Waals surface area contributed by atoms with Crippen LogP contribution in [0.1, 0.15) is 18.4 Å². The van der Waals surface area contributed by atoms with Crippen LogP contribution in [-0.2, 0) is 30.9 Å². The summed E-state index contributed by atoms with van der Waals surface area (Å²) in [5, 5.41) is 5.61. The standard InChI is InChI=1S/C18H22N2O5S3/c1-19(10-14-6-9-26-13-14)16(21)12-25-18(22)15-4-2-7-20(11-15)28(23,24)17-5-3-8-27-17/h3,5-6,8-9,13,15H,2,4,7,10-12H2,1H3. The fourth-order valence-electron chi connectivity index (χ4n) is 3.00. The maximum atomic E-state index is 12.6. The van der Waals surface area contributed by atoms with Crippen molar-refractivity contribution < 1.29 is 22.7 Å². The van der Waals surface area contributed by atoms with Crippen LogP contribution < -0.4 is 0 Å². The maximum absolute atomic E-state index is 12.6. The highest BCUT2D eigenvalue weighted by Gasteiger charge is 2.34. The molecule has 2 aromatic heterocycles. The first kappa shape index (κ1) is 21.0. The largest absolute Gasteiger partial charge is 0.455 e. The molecule has 0 aliphatic carbocycles. The van der Waals surface area contributed by atoms with E-state index in [2.05, 4.69) is 0 Å². The monoisotopic (exact) mass is 442 g/mol. The van der Waals surface area contributed by atoms with Crippen LogP contribution in [0, 0.1) is 5.92 Å². The lowest BCUT2D eigenvalue weighted by Crippen LogP contribution is -2.43. The fourth-order valence-corrected chi connectivity index (χ4v) is 6.32. The predicted octanol–water partition coefficient (Wildman–Crippen LogP) is 2.41. The molecule has 0 N–H and O–H groups in total. The van der Waals surface area contributed by atoms with Crippen LogP contribution in [0.4, 0.5) is 0 Å². The first-order chi connectivity index (χ1) is 13.4. The Labute approximate surface area is 172 Å². The predicted molar refractivity (Wildman–Crippen MR) is 108 cm³/mol. The van der Waals surface area contributed by atoms with Gasteiger partial charge in [0.2, 0.25) is 0 Å². The summed E-state index contributed by atoms with van der Waals surface area (Å²) < 4.78 is 32.1. The Morgan fingerprint density at radius 1 is 1.32 bits per heavy atom. The van der Waals surface area contributed by atoms with Crippen molar-refractivity contribution in [3.63, 3.8) is 0 Å². The molecule has 1 aliphatic rings. The summed E-state index contributed by atoms with van der Waals surface area (Å²) >= 11 is 2.71. The molecule has 7 nitrogen and oxygen atoms in total. The van der Waals surface area contributed by atoms with Crippen LogP contribution in [0.2, 0.25) is 0 Å². The minimum atomic E-state index is -3.59. The minimum Gasteiger partial charge on any atom is -0.455 e. The second-order valence-electron chi connectivity index (χ2n) is 6.62. The van der Waals surface area contributed by atoms with Gasteiger partial charge < -0.3 is 9.64 Å². The lowest BCUT2D eigenvalue weighted by Gasteiger charge is -2.30. The molecule has 3 rings (SSSR count). The SMILES string of the molecule is CN(Cc1ccsc1)C(=O)COC(=O)C1CCCN(S(=O)(=O)c2cccs2)C1. The molecule has 28 heavy (non-hydrogen) atoms. The molecule has 1 fully saturated rings. The quantitative estimate of drug-likeness (QED) is 0.615. The zero-order valence-corrected chi connectivity index (χ0v) is 17.9. The van der Waals surface area contributed by atoms with E-state index in [9.17, 15) is 18.0 Å². The number of carbonyl (C=O) groups is 2. The second kappa shape index (κ2) is 9.17. The number of thiophene rings is 2. The van der Waals surface area contributed by atoms with Gasteiger partial charge in [-0.2, -0.15) is 15.6 Å². The Kier molecular flexibility index (Phi) is 6.86. The second-order valence-corrected chi connectivity index (χ2v) is 10.5. The minimum absolute atomic E-state index is 0.0813. The number of esters is 1. The van der Waals surface area contributed by atoms with E-state index in [0.717, 1.165) is 16.9 Å². The summed E-state index contributed by atoms with van der Waals surface area (Å²) in [5.74, 6) is -1.37. The van der Waals surface area contributed by atoms with E-state index in [4.69, 9.17) is 4.74 Å². The van der Waals surface area contributed by atoms with Gasteiger partial charge in [-0.25, -0.2) is 8.42 Å². The van der Waals surface area contributed by atoms with Crippen molar-refractivity contribution in [2.45, 2.75) is 23.6 Å². The van der Waals surface area contributed by atoms with Crippen molar-refractivity contribution in [1.82, 2.24) is 9.21 Å². The van der Waals surface area contributed by atoms with Gasteiger partial charge in [-0.15, -0.1) is 11.3 Å². The van der Waals surface area contributed by atoms with Crippen molar-refractivity contribution in [3.05, 3.63) is 39.9 Å². The molecule has 1 amide bonds. The van der Waals surface area contributed by atoms with E-state index in [1.54, 1.807) is 35.9 Å². The van der Waals surface area contributed by atoms with Gasteiger partial charge >= 0.3 is 5.97 Å². The van der Waals surface area contributed by atoms with Crippen molar-refractivity contribution in [1.29, 1.82) is 0 Å². The number of ether oxygens (including phenoxy) is 1. The number of piperidine rings is 1. The zero-order chi connectivity index (χ0) is 20.1. The van der Waals surface area contributed by atoms with Crippen LogP contribution in [0.5, 0.6) is 0 Å². The van der Waals surface area contributed by atoms with Crippen LogP contribution in [0.25, 0.3) is 0 Å². The van der Waals surface area contributed by atoms with Gasteiger partial charge in [0.1, 0.15) is 4.21 Å². The van der Waals surface area contributed by atoms with Gasteiger partial charge in [-0.05, 0) is 46.7 Å². The molecule has 0 spiro atoms. The normalized spacial score (nSPS) is 18.0. The Hall–Kier alpha value is -1.75. The molecule has 3 heterocycles. The molecule has 152 valence electrons. The third-order valence-corrected chi connectivity index (χ3v) is 8.54. The molecular weight excluding hydrogens is 420 g/mol. The zero-order valence-electron chi connectivity index (χ0n) is 15.4. The Morgan fingerprint density at radius 2 is 2.14 bits per heavy atom. The molecule has 10 heteroatoms. The highest BCUT2D eigenvalue weighted by Crippen LogP contribution is 2.26. The van der Waals surface area contributed by atoms with Crippen LogP contribution in [-0.4, -0.2) is 56.2 Å². The van der Waals surface area contributed by atoms with Crippen molar-refractivity contribution >= 4 is 44.6 Å². The van der Waals surface area contributed by atoms with Gasteiger partial charge in [0, 0.05) is 26.7 Å². The number of nitrogens with zero attached hydrogens (tertiary/aromatic N) is 2. The molecular formula is C18H22N2O5S3. The van der Waals surface area contributed by atoms with Gasteiger partial charge in [0.05, 0.1) is 5.92 Å².